The van der Waals surface area contributed by atoms with Gasteiger partial charge < -0.3 is 5.32 Å². The maximum atomic E-state index is 12.9. The van der Waals surface area contributed by atoms with E-state index in [1.807, 2.05) is 25.1 Å². The van der Waals surface area contributed by atoms with Gasteiger partial charge in [-0.1, -0.05) is 25.3 Å². The van der Waals surface area contributed by atoms with E-state index < -0.39 is 17.3 Å². The quantitative estimate of drug-likeness (QED) is 0.505. The molecule has 160 valence electrons. The number of aryl methyl sites for hydroxylation is 1. The Labute approximate surface area is 182 Å². The van der Waals surface area contributed by atoms with E-state index in [2.05, 4.69) is 26.3 Å². The van der Waals surface area contributed by atoms with Gasteiger partial charge in [0, 0.05) is 18.1 Å². The lowest BCUT2D eigenvalue weighted by molar-refractivity contribution is -0.141. The summed E-state index contributed by atoms with van der Waals surface area (Å²) in [5.74, 6) is -0.123. The first-order valence-corrected chi connectivity index (χ1v) is 10.8. The minimum absolute atomic E-state index is 0.123. The first-order valence-electron chi connectivity index (χ1n) is 9.96. The third-order valence-corrected chi connectivity index (χ3v) is 6.65. The van der Waals surface area contributed by atoms with Crippen LogP contribution in [0.1, 0.15) is 48.4 Å². The van der Waals surface area contributed by atoms with Crippen LogP contribution < -0.4 is 5.32 Å². The van der Waals surface area contributed by atoms with Crippen LogP contribution in [0.5, 0.6) is 0 Å². The summed E-state index contributed by atoms with van der Waals surface area (Å²) in [6.07, 6.45) is 3.16. The number of hydrogen-bond donors (Lipinski definition) is 1. The molecule has 4 rings (SSSR count). The predicted octanol–water partition coefficient (Wildman–Crippen LogP) is 6.40. The van der Waals surface area contributed by atoms with Gasteiger partial charge in [0.2, 0.25) is 5.95 Å². The molecule has 5 nitrogen and oxygen atoms in total. The third kappa shape index (κ3) is 4.54. The lowest BCUT2D eigenvalue weighted by atomic mass is 9.76. The molecule has 0 aliphatic heterocycles. The summed E-state index contributed by atoms with van der Waals surface area (Å²) in [5.41, 5.74) is 0.866. The molecule has 1 aliphatic rings. The standard InChI is InChI=1S/C22H20F3N5S/c1-14-9-15(17-12-28-19(31-17)21(13-26)6-3-2-4-7-21)11-16(10-14)29-20-27-8-5-18(30-20)22(23,24)25/h5,8-12H,2-4,6-7H2,1H3,(H,27,29,30). The van der Waals surface area contributed by atoms with Gasteiger partial charge in [-0.2, -0.15) is 18.4 Å². The zero-order valence-corrected chi connectivity index (χ0v) is 17.6. The van der Waals surface area contributed by atoms with Gasteiger partial charge in [0.1, 0.15) is 16.1 Å². The third-order valence-electron chi connectivity index (χ3n) is 5.40. The molecule has 2 aromatic heterocycles. The monoisotopic (exact) mass is 443 g/mol. The average molecular weight is 443 g/mol. The summed E-state index contributed by atoms with van der Waals surface area (Å²) in [4.78, 5) is 12.9. The number of anilines is 2. The highest BCUT2D eigenvalue weighted by atomic mass is 32.1. The molecule has 1 saturated carbocycles. The number of thiazole rings is 1. The van der Waals surface area contributed by atoms with Crippen molar-refractivity contribution in [2.45, 2.75) is 50.6 Å². The Kier molecular flexibility index (Phi) is 5.67. The molecule has 0 bridgehead atoms. The van der Waals surface area contributed by atoms with Crippen LogP contribution in [0, 0.1) is 18.3 Å². The second kappa shape index (κ2) is 8.27. The minimum Gasteiger partial charge on any atom is -0.324 e. The fraction of sp³-hybridized carbons (Fsp3) is 0.364. The summed E-state index contributed by atoms with van der Waals surface area (Å²) in [7, 11) is 0. The molecule has 1 N–H and O–H groups in total. The van der Waals surface area contributed by atoms with Crippen molar-refractivity contribution < 1.29 is 13.2 Å². The zero-order chi connectivity index (χ0) is 22.1. The average Bonchev–Trinajstić information content (AvgIpc) is 3.24. The van der Waals surface area contributed by atoms with E-state index in [1.165, 1.54) is 11.3 Å². The first-order chi connectivity index (χ1) is 14.8. The molecule has 0 saturated heterocycles. The van der Waals surface area contributed by atoms with Gasteiger partial charge in [-0.25, -0.2) is 15.0 Å². The number of nitriles is 1. The minimum atomic E-state index is -4.54. The van der Waals surface area contributed by atoms with Crippen molar-refractivity contribution in [2.75, 3.05) is 5.32 Å². The van der Waals surface area contributed by atoms with Crippen molar-refractivity contribution in [3.05, 3.63) is 52.9 Å². The highest BCUT2D eigenvalue weighted by Crippen LogP contribution is 2.42. The molecule has 0 atom stereocenters. The van der Waals surface area contributed by atoms with Gasteiger partial charge in [-0.15, -0.1) is 11.3 Å². The van der Waals surface area contributed by atoms with Gasteiger partial charge in [-0.3, -0.25) is 0 Å². The van der Waals surface area contributed by atoms with Crippen molar-refractivity contribution in [3.63, 3.8) is 0 Å². The molecule has 1 aliphatic carbocycles. The van der Waals surface area contributed by atoms with Gasteiger partial charge >= 0.3 is 6.18 Å². The Morgan fingerprint density at radius 2 is 1.90 bits per heavy atom. The molecular formula is C22H20F3N5S. The Morgan fingerprint density at radius 1 is 1.13 bits per heavy atom. The number of rotatable bonds is 4. The summed E-state index contributed by atoms with van der Waals surface area (Å²) in [5, 5.41) is 13.5. The fourth-order valence-corrected chi connectivity index (χ4v) is 4.96. The predicted molar refractivity (Wildman–Crippen MR) is 113 cm³/mol. The Morgan fingerprint density at radius 3 is 2.61 bits per heavy atom. The molecule has 3 aromatic rings. The van der Waals surface area contributed by atoms with Gasteiger partial charge in [0.25, 0.3) is 0 Å². The molecule has 9 heteroatoms. The van der Waals surface area contributed by atoms with Crippen molar-refractivity contribution in [1.82, 2.24) is 15.0 Å². The van der Waals surface area contributed by atoms with Crippen LogP contribution in [-0.2, 0) is 11.6 Å². The highest BCUT2D eigenvalue weighted by molar-refractivity contribution is 7.15. The van der Waals surface area contributed by atoms with Crippen molar-refractivity contribution in [2.24, 2.45) is 0 Å². The van der Waals surface area contributed by atoms with E-state index in [4.69, 9.17) is 0 Å². The van der Waals surface area contributed by atoms with Crippen LogP contribution in [0.15, 0.2) is 36.7 Å². The molecule has 0 unspecified atom stereocenters. The van der Waals surface area contributed by atoms with E-state index >= 15 is 0 Å². The summed E-state index contributed by atoms with van der Waals surface area (Å²) in [6.45, 7) is 1.90. The SMILES string of the molecule is Cc1cc(Nc2nccc(C(F)(F)F)n2)cc(-c2cnc(C3(C#N)CCCCC3)s2)c1. The van der Waals surface area contributed by atoms with E-state index in [1.54, 1.807) is 6.20 Å². The van der Waals surface area contributed by atoms with Crippen LogP contribution in [0.2, 0.25) is 0 Å². The van der Waals surface area contributed by atoms with Gasteiger partial charge in [0.05, 0.1) is 10.9 Å². The van der Waals surface area contributed by atoms with Crippen molar-refractivity contribution >= 4 is 23.0 Å². The lowest BCUT2D eigenvalue weighted by Crippen LogP contribution is -2.26. The van der Waals surface area contributed by atoms with Crippen LogP contribution in [-0.4, -0.2) is 15.0 Å². The number of nitrogens with one attached hydrogen (secondary N) is 1. The topological polar surface area (TPSA) is 74.5 Å². The normalized spacial score (nSPS) is 16.0. The Balaban J connectivity index is 1.62. The molecule has 0 amide bonds. The maximum Gasteiger partial charge on any atom is 0.433 e. The smallest absolute Gasteiger partial charge is 0.324 e. The lowest BCUT2D eigenvalue weighted by Gasteiger charge is -2.28. The first kappa shape index (κ1) is 21.2. The zero-order valence-electron chi connectivity index (χ0n) is 16.8. The molecule has 0 radical (unpaired) electrons. The van der Waals surface area contributed by atoms with Crippen molar-refractivity contribution in [3.8, 4) is 16.5 Å². The van der Waals surface area contributed by atoms with E-state index in [-0.39, 0.29) is 5.95 Å². The number of aromatic nitrogens is 3. The van der Waals surface area contributed by atoms with Gasteiger partial charge in [-0.05, 0) is 49.1 Å². The Hall–Kier alpha value is -2.99. The largest absolute Gasteiger partial charge is 0.433 e. The van der Waals surface area contributed by atoms with Gasteiger partial charge in [0.15, 0.2) is 0 Å². The second-order valence-corrected chi connectivity index (χ2v) is 8.79. The molecule has 31 heavy (non-hydrogen) atoms. The van der Waals surface area contributed by atoms with Crippen LogP contribution in [0.3, 0.4) is 0 Å². The molecule has 0 spiro atoms. The molecule has 1 fully saturated rings. The molecular weight excluding hydrogens is 423 g/mol. The van der Waals surface area contributed by atoms with Crippen molar-refractivity contribution in [1.29, 1.82) is 5.26 Å². The summed E-state index contributed by atoms with van der Waals surface area (Å²) >= 11 is 1.50. The molecule has 1 aromatic carbocycles. The van der Waals surface area contributed by atoms with Crippen LogP contribution in [0.4, 0.5) is 24.8 Å². The number of hydrogen-bond acceptors (Lipinski definition) is 6. The fourth-order valence-electron chi connectivity index (χ4n) is 3.86. The van der Waals surface area contributed by atoms with E-state index in [0.717, 1.165) is 65.4 Å². The van der Waals surface area contributed by atoms with Crippen LogP contribution in [0.25, 0.3) is 10.4 Å². The van der Waals surface area contributed by atoms with Crippen LogP contribution >= 0.6 is 11.3 Å². The summed E-state index contributed by atoms with van der Waals surface area (Å²) in [6, 6.07) is 8.96. The summed E-state index contributed by atoms with van der Waals surface area (Å²) < 4.78 is 38.8. The number of halogens is 3. The van der Waals surface area contributed by atoms with E-state index in [0.29, 0.717) is 5.69 Å². The maximum absolute atomic E-state index is 12.9. The van der Waals surface area contributed by atoms with E-state index in [9.17, 15) is 18.4 Å². The second-order valence-electron chi connectivity index (χ2n) is 7.76. The number of alkyl halides is 3. The highest BCUT2D eigenvalue weighted by Gasteiger charge is 2.37. The number of benzene rings is 1. The molecule has 2 heterocycles. The number of nitrogens with zero attached hydrogens (tertiary/aromatic N) is 4. The Bertz CT molecular complexity index is 1130.